The fraction of sp³-hybridized carbons (Fsp3) is 0.286. The third kappa shape index (κ3) is 3.64. The van der Waals surface area contributed by atoms with Crippen LogP contribution in [0.3, 0.4) is 0 Å². The number of halogens is 1. The van der Waals surface area contributed by atoms with Gasteiger partial charge in [0.05, 0.1) is 5.52 Å². The van der Waals surface area contributed by atoms with Crippen LogP contribution < -0.4 is 10.2 Å². The quantitative estimate of drug-likeness (QED) is 0.585. The first-order valence-corrected chi connectivity index (χ1v) is 9.67. The molecule has 1 N–H and O–H groups in total. The lowest BCUT2D eigenvalue weighted by Crippen LogP contribution is -2.29. The Kier molecular flexibility index (Phi) is 4.62. The van der Waals surface area contributed by atoms with Gasteiger partial charge >= 0.3 is 0 Å². The molecular formula is C21H22BrN3. The van der Waals surface area contributed by atoms with Crippen molar-refractivity contribution >= 4 is 43.9 Å². The van der Waals surface area contributed by atoms with Crippen molar-refractivity contribution in [1.82, 2.24) is 4.98 Å². The first-order valence-electron chi connectivity index (χ1n) is 8.88. The Morgan fingerprint density at radius 1 is 0.960 bits per heavy atom. The summed E-state index contributed by atoms with van der Waals surface area (Å²) in [5.41, 5.74) is 5.55. The summed E-state index contributed by atoms with van der Waals surface area (Å²) in [5, 5.41) is 4.69. The Balaban J connectivity index is 1.61. The monoisotopic (exact) mass is 395 g/mol. The first kappa shape index (κ1) is 16.4. The van der Waals surface area contributed by atoms with Crippen LogP contribution in [0.15, 0.2) is 53.0 Å². The number of hydrogen-bond donors (Lipinski definition) is 1. The number of anilines is 3. The molecule has 4 rings (SSSR count). The molecule has 2 aromatic carbocycles. The van der Waals surface area contributed by atoms with E-state index < -0.39 is 0 Å². The molecule has 0 aliphatic carbocycles. The Morgan fingerprint density at radius 2 is 1.72 bits per heavy atom. The highest BCUT2D eigenvalue weighted by atomic mass is 79.9. The summed E-state index contributed by atoms with van der Waals surface area (Å²) in [6.07, 6.45) is 3.97. The number of aromatic nitrogens is 1. The van der Waals surface area contributed by atoms with E-state index in [9.17, 15) is 0 Å². The average Bonchev–Trinajstić information content (AvgIpc) is 2.64. The second-order valence-corrected chi connectivity index (χ2v) is 7.61. The molecule has 4 heteroatoms. The van der Waals surface area contributed by atoms with Crippen molar-refractivity contribution in [3.63, 3.8) is 0 Å². The van der Waals surface area contributed by atoms with Gasteiger partial charge in [0.15, 0.2) is 0 Å². The number of fused-ring (bicyclic) bond motifs is 1. The van der Waals surface area contributed by atoms with Gasteiger partial charge in [-0.1, -0.05) is 15.9 Å². The lowest BCUT2D eigenvalue weighted by Gasteiger charge is -2.28. The van der Waals surface area contributed by atoms with Gasteiger partial charge in [0.1, 0.15) is 0 Å². The van der Waals surface area contributed by atoms with E-state index in [2.05, 4.69) is 73.6 Å². The summed E-state index contributed by atoms with van der Waals surface area (Å²) in [7, 11) is 0. The van der Waals surface area contributed by atoms with Crippen LogP contribution >= 0.6 is 15.9 Å². The Morgan fingerprint density at radius 3 is 2.48 bits per heavy atom. The zero-order chi connectivity index (χ0) is 17.2. The van der Waals surface area contributed by atoms with E-state index in [1.807, 2.05) is 13.0 Å². The number of pyridine rings is 1. The van der Waals surface area contributed by atoms with Crippen molar-refractivity contribution < 1.29 is 0 Å². The van der Waals surface area contributed by atoms with Crippen molar-refractivity contribution in [3.8, 4) is 0 Å². The predicted molar refractivity (Wildman–Crippen MR) is 110 cm³/mol. The molecule has 0 spiro atoms. The van der Waals surface area contributed by atoms with Gasteiger partial charge in [-0.05, 0) is 74.7 Å². The van der Waals surface area contributed by atoms with E-state index in [-0.39, 0.29) is 0 Å². The normalized spacial score (nSPS) is 14.7. The SMILES string of the molecule is Cc1cc(Nc2ccc(N3CCCCC3)cc2)c2cc(Br)ccc2n1. The smallest absolute Gasteiger partial charge is 0.0726 e. The van der Waals surface area contributed by atoms with Crippen LogP contribution in [0, 0.1) is 6.92 Å². The standard InChI is InChI=1S/C21H22BrN3/c1-15-13-21(19-14-16(22)5-10-20(19)23-15)24-17-6-8-18(9-7-17)25-11-3-2-4-12-25/h5-10,13-14H,2-4,11-12H2,1H3,(H,23,24). The minimum atomic E-state index is 1.01. The summed E-state index contributed by atoms with van der Waals surface area (Å²) in [6.45, 7) is 4.39. The van der Waals surface area contributed by atoms with Crippen LogP contribution in [0.4, 0.5) is 17.1 Å². The van der Waals surface area contributed by atoms with Gasteiger partial charge in [-0.2, -0.15) is 0 Å². The van der Waals surface area contributed by atoms with Crippen LogP contribution in [0.2, 0.25) is 0 Å². The van der Waals surface area contributed by atoms with Crippen molar-refractivity contribution in [2.75, 3.05) is 23.3 Å². The van der Waals surface area contributed by atoms with Crippen LogP contribution in [-0.2, 0) is 0 Å². The first-order chi connectivity index (χ1) is 12.2. The highest BCUT2D eigenvalue weighted by molar-refractivity contribution is 9.10. The molecular weight excluding hydrogens is 374 g/mol. The molecule has 128 valence electrons. The molecule has 0 atom stereocenters. The third-order valence-corrected chi connectivity index (χ3v) is 5.26. The average molecular weight is 396 g/mol. The second-order valence-electron chi connectivity index (χ2n) is 6.69. The largest absolute Gasteiger partial charge is 0.372 e. The summed E-state index contributed by atoms with van der Waals surface area (Å²) >= 11 is 3.56. The number of nitrogens with zero attached hydrogens (tertiary/aromatic N) is 2. The molecule has 0 radical (unpaired) electrons. The number of benzene rings is 2. The summed E-state index contributed by atoms with van der Waals surface area (Å²) in [5.74, 6) is 0. The lowest BCUT2D eigenvalue weighted by atomic mass is 10.1. The molecule has 1 aliphatic heterocycles. The molecule has 0 bridgehead atoms. The zero-order valence-electron chi connectivity index (χ0n) is 14.4. The maximum atomic E-state index is 4.63. The van der Waals surface area contributed by atoms with E-state index in [1.54, 1.807) is 0 Å². The molecule has 1 aromatic heterocycles. The molecule has 25 heavy (non-hydrogen) atoms. The van der Waals surface area contributed by atoms with Gasteiger partial charge < -0.3 is 10.2 Å². The summed E-state index contributed by atoms with van der Waals surface area (Å²) < 4.78 is 1.06. The van der Waals surface area contributed by atoms with Crippen molar-refractivity contribution in [3.05, 3.63) is 58.7 Å². The zero-order valence-corrected chi connectivity index (χ0v) is 16.0. The van der Waals surface area contributed by atoms with Crippen molar-refractivity contribution in [2.24, 2.45) is 0 Å². The molecule has 2 heterocycles. The highest BCUT2D eigenvalue weighted by Crippen LogP contribution is 2.30. The van der Waals surface area contributed by atoms with Gasteiger partial charge in [0, 0.05) is 45.7 Å². The molecule has 0 saturated carbocycles. The van der Waals surface area contributed by atoms with Crippen molar-refractivity contribution in [1.29, 1.82) is 0 Å². The molecule has 0 amide bonds. The van der Waals surface area contributed by atoms with E-state index in [0.717, 1.165) is 32.4 Å². The minimum absolute atomic E-state index is 1.01. The fourth-order valence-electron chi connectivity index (χ4n) is 3.50. The summed E-state index contributed by atoms with van der Waals surface area (Å²) in [6, 6.07) is 17.1. The van der Waals surface area contributed by atoms with Crippen LogP contribution in [0.5, 0.6) is 0 Å². The van der Waals surface area contributed by atoms with Crippen LogP contribution in [0.25, 0.3) is 10.9 Å². The number of rotatable bonds is 3. The third-order valence-electron chi connectivity index (χ3n) is 4.77. The van der Waals surface area contributed by atoms with E-state index in [0.29, 0.717) is 0 Å². The Bertz CT molecular complexity index is 884. The highest BCUT2D eigenvalue weighted by Gasteiger charge is 2.11. The number of piperidine rings is 1. The number of nitrogens with one attached hydrogen (secondary N) is 1. The molecule has 1 aliphatic rings. The molecule has 1 saturated heterocycles. The van der Waals surface area contributed by atoms with Gasteiger partial charge in [0.2, 0.25) is 0 Å². The van der Waals surface area contributed by atoms with Gasteiger partial charge in [-0.25, -0.2) is 0 Å². The fourth-order valence-corrected chi connectivity index (χ4v) is 3.86. The van der Waals surface area contributed by atoms with Crippen LogP contribution in [0.1, 0.15) is 25.0 Å². The van der Waals surface area contributed by atoms with E-state index in [4.69, 9.17) is 0 Å². The van der Waals surface area contributed by atoms with Crippen molar-refractivity contribution in [2.45, 2.75) is 26.2 Å². The molecule has 3 aromatic rings. The maximum absolute atomic E-state index is 4.63. The van der Waals surface area contributed by atoms with E-state index >= 15 is 0 Å². The van der Waals surface area contributed by atoms with Gasteiger partial charge in [0.25, 0.3) is 0 Å². The Labute approximate surface area is 157 Å². The van der Waals surface area contributed by atoms with E-state index in [1.165, 1.54) is 38.0 Å². The Hall–Kier alpha value is -2.07. The topological polar surface area (TPSA) is 28.2 Å². The number of hydrogen-bond acceptors (Lipinski definition) is 3. The molecule has 0 unspecified atom stereocenters. The molecule has 1 fully saturated rings. The number of aryl methyl sites for hydroxylation is 1. The van der Waals surface area contributed by atoms with Gasteiger partial charge in [-0.3, -0.25) is 4.98 Å². The van der Waals surface area contributed by atoms with Gasteiger partial charge in [-0.15, -0.1) is 0 Å². The lowest BCUT2D eigenvalue weighted by molar-refractivity contribution is 0.578. The second kappa shape index (κ2) is 7.04. The maximum Gasteiger partial charge on any atom is 0.0726 e. The predicted octanol–water partition coefficient (Wildman–Crippen LogP) is 6.04. The minimum Gasteiger partial charge on any atom is -0.372 e. The summed E-state index contributed by atoms with van der Waals surface area (Å²) in [4.78, 5) is 7.11. The molecule has 3 nitrogen and oxygen atoms in total. The van der Waals surface area contributed by atoms with Crippen LogP contribution in [-0.4, -0.2) is 18.1 Å².